The number of aromatic nitrogens is 2. The van der Waals surface area contributed by atoms with E-state index >= 15 is 0 Å². The molecule has 194 valence electrons. The lowest BCUT2D eigenvalue weighted by Gasteiger charge is -2.32. The van der Waals surface area contributed by atoms with E-state index in [4.69, 9.17) is 9.47 Å². The van der Waals surface area contributed by atoms with Crippen LogP contribution in [0.25, 0.3) is 17.2 Å². The van der Waals surface area contributed by atoms with Gasteiger partial charge < -0.3 is 19.7 Å². The molecule has 38 heavy (non-hydrogen) atoms. The zero-order chi connectivity index (χ0) is 25.9. The molecule has 3 aromatic rings. The SMILES string of the molecule is O=C1NC(=O)/C(=C\c2ccnc(N3CCC(CNCc4ccccc4-c4ccc5c(c4)OCO5)CC3)n2)S1. The van der Waals surface area contributed by atoms with E-state index in [0.717, 1.165) is 67.8 Å². The van der Waals surface area contributed by atoms with Crippen LogP contribution in [0.3, 0.4) is 0 Å². The van der Waals surface area contributed by atoms with Crippen LogP contribution in [0.2, 0.25) is 0 Å². The minimum Gasteiger partial charge on any atom is -0.454 e. The maximum atomic E-state index is 11.8. The second-order valence-corrected chi connectivity index (χ2v) is 10.4. The Labute approximate surface area is 224 Å². The van der Waals surface area contributed by atoms with E-state index < -0.39 is 0 Å². The number of fused-ring (bicyclic) bond motifs is 1. The number of amides is 2. The van der Waals surface area contributed by atoms with Gasteiger partial charge in [0.1, 0.15) is 0 Å². The second kappa shape index (κ2) is 10.8. The number of carbonyl (C=O) groups excluding carboxylic acids is 2. The molecule has 0 spiro atoms. The molecule has 2 N–H and O–H groups in total. The molecule has 2 saturated heterocycles. The van der Waals surface area contributed by atoms with E-state index in [1.807, 2.05) is 12.1 Å². The third-order valence-electron chi connectivity index (χ3n) is 6.93. The molecule has 0 aliphatic carbocycles. The first-order valence-electron chi connectivity index (χ1n) is 12.6. The molecule has 3 aliphatic heterocycles. The lowest BCUT2D eigenvalue weighted by Crippen LogP contribution is -2.38. The first-order valence-corrected chi connectivity index (χ1v) is 13.5. The molecule has 3 aliphatic rings. The van der Waals surface area contributed by atoms with Crippen molar-refractivity contribution in [3.05, 3.63) is 70.9 Å². The summed E-state index contributed by atoms with van der Waals surface area (Å²) in [5.41, 5.74) is 4.18. The smallest absolute Gasteiger partial charge is 0.290 e. The summed E-state index contributed by atoms with van der Waals surface area (Å²) < 4.78 is 11.0. The highest BCUT2D eigenvalue weighted by Crippen LogP contribution is 2.37. The van der Waals surface area contributed by atoms with Crippen molar-refractivity contribution in [3.8, 4) is 22.6 Å². The zero-order valence-electron chi connectivity index (χ0n) is 20.7. The maximum Gasteiger partial charge on any atom is 0.290 e. The standard InChI is InChI=1S/C28H27N5O4S/c34-26-25(38-28(35)32-26)14-21-7-10-30-27(31-21)33-11-8-18(9-12-33)15-29-16-20-3-1-2-4-22(20)19-5-6-23-24(13-19)37-17-36-23/h1-7,10,13-14,18,29H,8-9,11-12,15-17H2,(H,32,34,35)/b25-14+. The number of thioether (sulfide) groups is 1. The van der Waals surface area contributed by atoms with E-state index in [1.165, 1.54) is 11.1 Å². The van der Waals surface area contributed by atoms with Crippen LogP contribution >= 0.6 is 11.8 Å². The van der Waals surface area contributed by atoms with E-state index in [2.05, 4.69) is 55.8 Å². The molecule has 6 rings (SSSR count). The van der Waals surface area contributed by atoms with Crippen molar-refractivity contribution in [1.29, 1.82) is 0 Å². The summed E-state index contributed by atoms with van der Waals surface area (Å²) in [5, 5.41) is 5.57. The molecule has 9 nitrogen and oxygen atoms in total. The van der Waals surface area contributed by atoms with Gasteiger partial charge in [0, 0.05) is 25.8 Å². The molecule has 1 aromatic heterocycles. The van der Waals surface area contributed by atoms with Crippen LogP contribution < -0.4 is 25.0 Å². The summed E-state index contributed by atoms with van der Waals surface area (Å²) in [7, 11) is 0. The fourth-order valence-electron chi connectivity index (χ4n) is 4.92. The highest BCUT2D eigenvalue weighted by atomic mass is 32.2. The Hall–Kier alpha value is -3.89. The molecule has 4 heterocycles. The first-order chi connectivity index (χ1) is 18.6. The number of piperidine rings is 1. The molecule has 0 saturated carbocycles. The molecule has 0 unspecified atom stereocenters. The van der Waals surface area contributed by atoms with Gasteiger partial charge in [-0.15, -0.1) is 0 Å². The molecular weight excluding hydrogens is 502 g/mol. The topological polar surface area (TPSA) is 106 Å². The highest BCUT2D eigenvalue weighted by molar-refractivity contribution is 8.18. The predicted molar refractivity (Wildman–Crippen MR) is 146 cm³/mol. The summed E-state index contributed by atoms with van der Waals surface area (Å²) >= 11 is 0.890. The number of anilines is 1. The predicted octanol–water partition coefficient (Wildman–Crippen LogP) is 4.20. The largest absolute Gasteiger partial charge is 0.454 e. The van der Waals surface area contributed by atoms with Gasteiger partial charge in [0.25, 0.3) is 11.1 Å². The minimum atomic E-state index is -0.382. The average Bonchev–Trinajstić information content (AvgIpc) is 3.54. The fourth-order valence-corrected chi connectivity index (χ4v) is 5.59. The second-order valence-electron chi connectivity index (χ2n) is 9.42. The van der Waals surface area contributed by atoms with Crippen LogP contribution in [-0.2, 0) is 11.3 Å². The average molecular weight is 530 g/mol. The Morgan fingerprint density at radius 2 is 1.92 bits per heavy atom. The van der Waals surface area contributed by atoms with Gasteiger partial charge in [-0.2, -0.15) is 0 Å². The Bertz CT molecular complexity index is 1400. The van der Waals surface area contributed by atoms with Gasteiger partial charge in [-0.25, -0.2) is 9.97 Å². The van der Waals surface area contributed by atoms with Crippen LogP contribution in [0.5, 0.6) is 11.5 Å². The van der Waals surface area contributed by atoms with Crippen molar-refractivity contribution < 1.29 is 19.1 Å². The van der Waals surface area contributed by atoms with Gasteiger partial charge in [0.05, 0.1) is 10.6 Å². The van der Waals surface area contributed by atoms with Crippen molar-refractivity contribution >= 4 is 34.9 Å². The molecule has 0 bridgehead atoms. The van der Waals surface area contributed by atoms with Crippen molar-refractivity contribution in [2.24, 2.45) is 5.92 Å². The van der Waals surface area contributed by atoms with Crippen LogP contribution in [-0.4, -0.2) is 47.5 Å². The third kappa shape index (κ3) is 5.36. The molecule has 0 radical (unpaired) electrons. The summed E-state index contributed by atoms with van der Waals surface area (Å²) in [4.78, 5) is 34.8. The summed E-state index contributed by atoms with van der Waals surface area (Å²) in [6.07, 6.45) is 5.41. The summed E-state index contributed by atoms with van der Waals surface area (Å²) in [6.45, 7) is 3.74. The van der Waals surface area contributed by atoms with Crippen LogP contribution in [0.4, 0.5) is 10.7 Å². The number of ether oxygens (including phenoxy) is 2. The van der Waals surface area contributed by atoms with E-state index in [-0.39, 0.29) is 17.9 Å². The molecule has 2 amide bonds. The van der Waals surface area contributed by atoms with E-state index in [9.17, 15) is 9.59 Å². The lowest BCUT2D eigenvalue weighted by molar-refractivity contribution is -0.115. The lowest BCUT2D eigenvalue weighted by atomic mass is 9.96. The molecule has 10 heteroatoms. The van der Waals surface area contributed by atoms with Crippen molar-refractivity contribution in [2.45, 2.75) is 19.4 Å². The van der Waals surface area contributed by atoms with E-state index in [1.54, 1.807) is 18.3 Å². The van der Waals surface area contributed by atoms with Crippen molar-refractivity contribution in [1.82, 2.24) is 20.6 Å². The van der Waals surface area contributed by atoms with E-state index in [0.29, 0.717) is 22.5 Å². The third-order valence-corrected chi connectivity index (χ3v) is 7.74. The van der Waals surface area contributed by atoms with Gasteiger partial charge in [0.2, 0.25) is 12.7 Å². The first kappa shape index (κ1) is 24.4. The van der Waals surface area contributed by atoms with Gasteiger partial charge in [0.15, 0.2) is 11.5 Å². The number of hydrogen-bond donors (Lipinski definition) is 2. The van der Waals surface area contributed by atoms with Gasteiger partial charge in [-0.3, -0.25) is 14.9 Å². The Morgan fingerprint density at radius 1 is 1.08 bits per heavy atom. The Morgan fingerprint density at radius 3 is 2.76 bits per heavy atom. The highest BCUT2D eigenvalue weighted by Gasteiger charge is 2.26. The van der Waals surface area contributed by atoms with Gasteiger partial charge in [-0.1, -0.05) is 30.3 Å². The molecule has 0 atom stereocenters. The quantitative estimate of drug-likeness (QED) is 0.436. The zero-order valence-corrected chi connectivity index (χ0v) is 21.5. The van der Waals surface area contributed by atoms with Crippen LogP contribution in [0, 0.1) is 5.92 Å². The molecule has 2 aromatic carbocycles. The summed E-state index contributed by atoms with van der Waals surface area (Å²) in [5.74, 6) is 2.42. The Balaban J connectivity index is 1.03. The number of benzene rings is 2. The number of imide groups is 1. The normalized spacial score (nSPS) is 18.3. The number of rotatable bonds is 7. The molecular formula is C28H27N5O4S. The monoisotopic (exact) mass is 529 g/mol. The number of nitrogens with zero attached hydrogens (tertiary/aromatic N) is 3. The van der Waals surface area contributed by atoms with Crippen molar-refractivity contribution in [3.63, 3.8) is 0 Å². The van der Waals surface area contributed by atoms with Gasteiger partial charge in [-0.05, 0) is 78.0 Å². The summed E-state index contributed by atoms with van der Waals surface area (Å²) in [6, 6.07) is 16.3. The minimum absolute atomic E-state index is 0.274. The van der Waals surface area contributed by atoms with Crippen molar-refractivity contribution in [2.75, 3.05) is 31.3 Å². The Kier molecular flexibility index (Phi) is 6.98. The number of carbonyl (C=O) groups is 2. The maximum absolute atomic E-state index is 11.8. The fraction of sp³-hybridized carbons (Fsp3) is 0.286. The van der Waals surface area contributed by atoms with Crippen LogP contribution in [0.1, 0.15) is 24.1 Å². The molecule has 2 fully saturated rings. The van der Waals surface area contributed by atoms with Crippen LogP contribution in [0.15, 0.2) is 59.6 Å². The van der Waals surface area contributed by atoms with Gasteiger partial charge >= 0.3 is 0 Å². The number of nitrogens with one attached hydrogen (secondary N) is 2. The number of hydrogen-bond acceptors (Lipinski definition) is 9.